The van der Waals surface area contributed by atoms with Crippen LogP contribution in [0.15, 0.2) is 22.9 Å². The molecule has 16 heavy (non-hydrogen) atoms. The number of carbonyl (C=O) groups excluding carboxylic acids is 1. The summed E-state index contributed by atoms with van der Waals surface area (Å²) in [4.78, 5) is 18.1. The predicted octanol–water partition coefficient (Wildman–Crippen LogP) is 1.28. The second-order valence-electron chi connectivity index (χ2n) is 4.11. The Hall–Kier alpha value is -0.940. The minimum absolute atomic E-state index is 0.0471. The molecule has 1 aromatic heterocycles. The monoisotopic (exact) mass is 283 g/mol. The van der Waals surface area contributed by atoms with Crippen LogP contribution in [0.2, 0.25) is 0 Å². The molecule has 1 saturated heterocycles. The van der Waals surface area contributed by atoms with Crippen LogP contribution in [0.1, 0.15) is 16.8 Å². The zero-order chi connectivity index (χ0) is 11.5. The van der Waals surface area contributed by atoms with Crippen LogP contribution in [0.4, 0.5) is 0 Å². The molecule has 1 N–H and O–H groups in total. The fraction of sp³-hybridized carbons (Fsp3) is 0.455. The molecular formula is C11H14BrN3O. The number of aromatic nitrogens is 1. The lowest BCUT2D eigenvalue weighted by molar-refractivity contribution is 0.0938. The second-order valence-corrected chi connectivity index (χ2v) is 5.03. The molecular weight excluding hydrogens is 270 g/mol. The number of amides is 1. The van der Waals surface area contributed by atoms with Gasteiger partial charge in [-0.15, -0.1) is 0 Å². The number of likely N-dealkylation sites (N-methyl/N-ethyl adjacent to an activating group) is 1. The molecule has 0 bridgehead atoms. The molecule has 0 aliphatic carbocycles. The van der Waals surface area contributed by atoms with Gasteiger partial charge < -0.3 is 10.2 Å². The van der Waals surface area contributed by atoms with E-state index in [1.54, 1.807) is 18.5 Å². The lowest BCUT2D eigenvalue weighted by atomic mass is 10.2. The van der Waals surface area contributed by atoms with Crippen molar-refractivity contribution < 1.29 is 4.79 Å². The minimum atomic E-state index is -0.0471. The average molecular weight is 284 g/mol. The molecule has 1 fully saturated rings. The number of hydrogen-bond donors (Lipinski definition) is 1. The van der Waals surface area contributed by atoms with Crippen molar-refractivity contribution in [1.29, 1.82) is 0 Å². The van der Waals surface area contributed by atoms with Crippen LogP contribution < -0.4 is 5.32 Å². The summed E-state index contributed by atoms with van der Waals surface area (Å²) in [7, 11) is 2.06. The Morgan fingerprint density at radius 1 is 1.62 bits per heavy atom. The van der Waals surface area contributed by atoms with E-state index in [1.807, 2.05) is 0 Å². The molecule has 1 amide bonds. The molecule has 1 aliphatic heterocycles. The largest absolute Gasteiger partial charge is 0.348 e. The van der Waals surface area contributed by atoms with Gasteiger partial charge in [0.2, 0.25) is 0 Å². The Bertz CT molecular complexity index is 397. The van der Waals surface area contributed by atoms with Crippen molar-refractivity contribution in [2.75, 3.05) is 20.1 Å². The summed E-state index contributed by atoms with van der Waals surface area (Å²) in [5, 5.41) is 3.01. The molecule has 1 aliphatic rings. The number of rotatable bonds is 2. The van der Waals surface area contributed by atoms with E-state index in [0.29, 0.717) is 5.56 Å². The fourth-order valence-electron chi connectivity index (χ4n) is 1.86. The van der Waals surface area contributed by atoms with Gasteiger partial charge in [0.05, 0.1) is 5.56 Å². The van der Waals surface area contributed by atoms with Crippen molar-refractivity contribution in [2.45, 2.75) is 12.5 Å². The third kappa shape index (κ3) is 2.80. The van der Waals surface area contributed by atoms with Crippen molar-refractivity contribution in [3.8, 4) is 0 Å². The highest BCUT2D eigenvalue weighted by Crippen LogP contribution is 2.11. The Morgan fingerprint density at radius 2 is 2.44 bits per heavy atom. The molecule has 1 aromatic rings. The number of halogens is 1. The topological polar surface area (TPSA) is 45.2 Å². The van der Waals surface area contributed by atoms with E-state index in [4.69, 9.17) is 0 Å². The van der Waals surface area contributed by atoms with Crippen molar-refractivity contribution in [3.63, 3.8) is 0 Å². The Morgan fingerprint density at radius 3 is 3.06 bits per heavy atom. The summed E-state index contributed by atoms with van der Waals surface area (Å²) in [6.45, 7) is 1.97. The maximum absolute atomic E-state index is 11.9. The van der Waals surface area contributed by atoms with E-state index >= 15 is 0 Å². The average Bonchev–Trinajstić information content (AvgIpc) is 2.64. The molecule has 0 saturated carbocycles. The first-order valence-electron chi connectivity index (χ1n) is 5.25. The van der Waals surface area contributed by atoms with Crippen LogP contribution in [0, 0.1) is 0 Å². The van der Waals surface area contributed by atoms with Gasteiger partial charge >= 0.3 is 0 Å². The molecule has 1 atom stereocenters. The quantitative estimate of drug-likeness (QED) is 0.889. The molecule has 1 unspecified atom stereocenters. The Labute approximate surface area is 103 Å². The lowest BCUT2D eigenvalue weighted by Crippen LogP contribution is -2.36. The molecule has 0 spiro atoms. The maximum Gasteiger partial charge on any atom is 0.253 e. The first-order valence-corrected chi connectivity index (χ1v) is 6.04. The first kappa shape index (κ1) is 11.5. The van der Waals surface area contributed by atoms with Gasteiger partial charge in [-0.2, -0.15) is 0 Å². The number of likely N-dealkylation sites (tertiary alicyclic amines) is 1. The van der Waals surface area contributed by atoms with Crippen molar-refractivity contribution in [1.82, 2.24) is 15.2 Å². The van der Waals surface area contributed by atoms with Gasteiger partial charge in [0.1, 0.15) is 0 Å². The smallest absolute Gasteiger partial charge is 0.253 e. The second kappa shape index (κ2) is 4.93. The summed E-state index contributed by atoms with van der Waals surface area (Å²) >= 11 is 3.30. The highest BCUT2D eigenvalue weighted by Gasteiger charge is 2.21. The molecule has 0 aromatic carbocycles. The molecule has 2 heterocycles. The van der Waals surface area contributed by atoms with Gasteiger partial charge in [-0.3, -0.25) is 9.78 Å². The summed E-state index contributed by atoms with van der Waals surface area (Å²) < 4.78 is 0.823. The molecule has 2 rings (SSSR count). The first-order chi connectivity index (χ1) is 7.65. The fourth-order valence-corrected chi connectivity index (χ4v) is 2.22. The van der Waals surface area contributed by atoms with E-state index in [9.17, 15) is 4.79 Å². The maximum atomic E-state index is 11.9. The van der Waals surface area contributed by atoms with Crippen LogP contribution in [0.25, 0.3) is 0 Å². The van der Waals surface area contributed by atoms with Gasteiger partial charge in [-0.1, -0.05) is 0 Å². The third-order valence-electron chi connectivity index (χ3n) is 2.69. The van der Waals surface area contributed by atoms with Crippen LogP contribution in [0.3, 0.4) is 0 Å². The Balaban J connectivity index is 1.98. The van der Waals surface area contributed by atoms with Crippen LogP contribution in [-0.2, 0) is 0 Å². The molecule has 0 radical (unpaired) electrons. The van der Waals surface area contributed by atoms with Crippen molar-refractivity contribution >= 4 is 21.8 Å². The Kier molecular flexibility index (Phi) is 3.56. The normalized spacial score (nSPS) is 21.0. The highest BCUT2D eigenvalue weighted by molar-refractivity contribution is 9.10. The summed E-state index contributed by atoms with van der Waals surface area (Å²) in [6, 6.07) is 2.04. The van der Waals surface area contributed by atoms with E-state index < -0.39 is 0 Å². The zero-order valence-corrected chi connectivity index (χ0v) is 10.7. The van der Waals surface area contributed by atoms with Crippen molar-refractivity contribution in [2.24, 2.45) is 0 Å². The van der Waals surface area contributed by atoms with E-state index in [2.05, 4.69) is 38.2 Å². The van der Waals surface area contributed by atoms with Crippen LogP contribution in [-0.4, -0.2) is 42.0 Å². The summed E-state index contributed by atoms with van der Waals surface area (Å²) in [5.74, 6) is -0.0471. The minimum Gasteiger partial charge on any atom is -0.348 e. The summed E-state index contributed by atoms with van der Waals surface area (Å²) in [5.41, 5.74) is 0.601. The molecule has 86 valence electrons. The van der Waals surface area contributed by atoms with Crippen LogP contribution >= 0.6 is 15.9 Å². The lowest BCUT2D eigenvalue weighted by Gasteiger charge is -2.12. The standard InChI is InChI=1S/C11H14BrN3O/c1-15-3-2-10(7-15)14-11(16)8-4-9(12)6-13-5-8/h4-6,10H,2-3,7H2,1H3,(H,14,16). The van der Waals surface area contributed by atoms with E-state index in [0.717, 1.165) is 24.0 Å². The highest BCUT2D eigenvalue weighted by atomic mass is 79.9. The molecule has 4 nitrogen and oxygen atoms in total. The molecule has 5 heteroatoms. The van der Waals surface area contributed by atoms with Crippen LogP contribution in [0.5, 0.6) is 0 Å². The zero-order valence-electron chi connectivity index (χ0n) is 9.11. The van der Waals surface area contributed by atoms with Gasteiger partial charge in [0, 0.05) is 29.5 Å². The van der Waals surface area contributed by atoms with Gasteiger partial charge in [-0.25, -0.2) is 0 Å². The number of nitrogens with zero attached hydrogens (tertiary/aromatic N) is 2. The van der Waals surface area contributed by atoms with Gasteiger partial charge in [0.15, 0.2) is 0 Å². The SMILES string of the molecule is CN1CCC(NC(=O)c2cncc(Br)c2)C1. The summed E-state index contributed by atoms with van der Waals surface area (Å²) in [6.07, 6.45) is 4.27. The number of carbonyl (C=O) groups is 1. The van der Waals surface area contributed by atoms with Gasteiger partial charge in [-0.05, 0) is 42.0 Å². The number of nitrogens with one attached hydrogen (secondary N) is 1. The van der Waals surface area contributed by atoms with Crippen molar-refractivity contribution in [3.05, 3.63) is 28.5 Å². The van der Waals surface area contributed by atoms with E-state index in [1.165, 1.54) is 0 Å². The number of pyridine rings is 1. The predicted molar refractivity (Wildman–Crippen MR) is 65.3 cm³/mol. The van der Waals surface area contributed by atoms with Gasteiger partial charge in [0.25, 0.3) is 5.91 Å². The number of hydrogen-bond acceptors (Lipinski definition) is 3. The third-order valence-corrected chi connectivity index (χ3v) is 3.13. The van der Waals surface area contributed by atoms with E-state index in [-0.39, 0.29) is 11.9 Å².